The van der Waals surface area contributed by atoms with Gasteiger partial charge in [0.15, 0.2) is 0 Å². The first-order valence-electron chi connectivity index (χ1n) is 9.31. The van der Waals surface area contributed by atoms with Crippen LogP contribution in [0.25, 0.3) is 5.57 Å². The summed E-state index contributed by atoms with van der Waals surface area (Å²) in [6, 6.07) is 14.6. The highest BCUT2D eigenvalue weighted by Crippen LogP contribution is 2.46. The molecule has 1 aliphatic rings. The smallest absolute Gasteiger partial charge is 0.115 e. The second-order valence-corrected chi connectivity index (χ2v) is 8.69. The summed E-state index contributed by atoms with van der Waals surface area (Å²) in [6.07, 6.45) is 5.59. The maximum Gasteiger partial charge on any atom is 0.115 e. The van der Waals surface area contributed by atoms with Crippen molar-refractivity contribution in [3.63, 3.8) is 0 Å². The van der Waals surface area contributed by atoms with E-state index in [1.54, 1.807) is 12.1 Å². The first-order chi connectivity index (χ1) is 11.7. The molecule has 0 saturated carbocycles. The lowest BCUT2D eigenvalue weighted by molar-refractivity contribution is 0.332. The average Bonchev–Trinajstić information content (AvgIpc) is 2.58. The summed E-state index contributed by atoms with van der Waals surface area (Å²) in [4.78, 5) is 0. The molecule has 132 valence electrons. The molecule has 0 fully saturated rings. The van der Waals surface area contributed by atoms with Gasteiger partial charge in [0.2, 0.25) is 0 Å². The zero-order valence-electron chi connectivity index (χ0n) is 16.2. The molecule has 3 rings (SSSR count). The summed E-state index contributed by atoms with van der Waals surface area (Å²) in [5, 5.41) is 9.49. The second-order valence-electron chi connectivity index (χ2n) is 8.69. The Bertz CT molecular complexity index is 791. The van der Waals surface area contributed by atoms with Crippen LogP contribution < -0.4 is 0 Å². The van der Waals surface area contributed by atoms with Crippen molar-refractivity contribution in [1.29, 1.82) is 0 Å². The van der Waals surface area contributed by atoms with Crippen LogP contribution in [0, 0.1) is 0 Å². The third-order valence-electron chi connectivity index (χ3n) is 5.90. The van der Waals surface area contributed by atoms with Crippen molar-refractivity contribution in [2.24, 2.45) is 0 Å². The van der Waals surface area contributed by atoms with Crippen molar-refractivity contribution >= 4 is 5.57 Å². The third kappa shape index (κ3) is 3.51. The maximum atomic E-state index is 9.49. The number of aromatic hydroxyl groups is 1. The minimum absolute atomic E-state index is 0.234. The van der Waals surface area contributed by atoms with E-state index in [4.69, 9.17) is 0 Å². The summed E-state index contributed by atoms with van der Waals surface area (Å²) in [7, 11) is 0. The Labute approximate surface area is 152 Å². The molecule has 1 heteroatoms. The molecule has 25 heavy (non-hydrogen) atoms. The average molecular weight is 335 g/mol. The predicted octanol–water partition coefficient (Wildman–Crippen LogP) is 6.39. The van der Waals surface area contributed by atoms with Crippen LogP contribution in [0.15, 0.2) is 48.5 Å². The van der Waals surface area contributed by atoms with Crippen molar-refractivity contribution < 1.29 is 5.11 Å². The Morgan fingerprint density at radius 2 is 1.52 bits per heavy atom. The van der Waals surface area contributed by atoms with E-state index in [9.17, 15) is 5.11 Å². The summed E-state index contributed by atoms with van der Waals surface area (Å²) < 4.78 is 0. The van der Waals surface area contributed by atoms with E-state index >= 15 is 0 Å². The van der Waals surface area contributed by atoms with Crippen LogP contribution in [0.4, 0.5) is 0 Å². The van der Waals surface area contributed by atoms with Crippen molar-refractivity contribution in [2.75, 3.05) is 0 Å². The first kappa shape index (κ1) is 17.8. The topological polar surface area (TPSA) is 20.2 Å². The van der Waals surface area contributed by atoms with Crippen LogP contribution in [0.2, 0.25) is 0 Å². The molecule has 0 aliphatic heterocycles. The Morgan fingerprint density at radius 1 is 0.920 bits per heavy atom. The number of phenols is 1. The molecule has 0 saturated heterocycles. The fourth-order valence-electron chi connectivity index (χ4n) is 3.99. The molecule has 0 bridgehead atoms. The van der Waals surface area contributed by atoms with Gasteiger partial charge >= 0.3 is 0 Å². The molecule has 0 aromatic heterocycles. The van der Waals surface area contributed by atoms with Gasteiger partial charge in [-0.1, -0.05) is 64.1 Å². The van der Waals surface area contributed by atoms with E-state index in [0.717, 1.165) is 6.42 Å². The monoisotopic (exact) mass is 334 g/mol. The van der Waals surface area contributed by atoms with Crippen LogP contribution in [0.1, 0.15) is 69.7 Å². The lowest BCUT2D eigenvalue weighted by Gasteiger charge is -2.42. The van der Waals surface area contributed by atoms with Gasteiger partial charge in [0.05, 0.1) is 0 Å². The molecule has 1 nitrogen and oxygen atoms in total. The normalized spacial score (nSPS) is 18.7. The summed E-state index contributed by atoms with van der Waals surface area (Å²) in [5.74, 6) is 0.323. The summed E-state index contributed by atoms with van der Waals surface area (Å²) >= 11 is 0. The minimum atomic E-state index is 0.234. The van der Waals surface area contributed by atoms with Gasteiger partial charge in [0, 0.05) is 0 Å². The SMILES string of the molecule is CC=C(Cc1ccc(O)cc1)c1ccc2c(c1)C(C)(C)CCC2(C)C. The van der Waals surface area contributed by atoms with E-state index in [0.29, 0.717) is 5.75 Å². The first-order valence-corrected chi connectivity index (χ1v) is 9.31. The summed E-state index contributed by atoms with van der Waals surface area (Å²) in [5.41, 5.74) is 7.39. The molecule has 2 aromatic carbocycles. The number of benzene rings is 2. The van der Waals surface area contributed by atoms with Crippen LogP contribution in [0.5, 0.6) is 5.75 Å². The highest BCUT2D eigenvalue weighted by molar-refractivity contribution is 5.69. The predicted molar refractivity (Wildman–Crippen MR) is 107 cm³/mol. The lowest BCUT2D eigenvalue weighted by Crippen LogP contribution is -2.33. The Morgan fingerprint density at radius 3 is 2.12 bits per heavy atom. The number of fused-ring (bicyclic) bond motifs is 1. The molecular formula is C24H30O. The Kier molecular flexibility index (Phi) is 4.53. The number of hydrogen-bond acceptors (Lipinski definition) is 1. The molecule has 1 N–H and O–H groups in total. The lowest BCUT2D eigenvalue weighted by atomic mass is 9.63. The highest BCUT2D eigenvalue weighted by Gasteiger charge is 2.36. The van der Waals surface area contributed by atoms with Gasteiger partial charge < -0.3 is 5.11 Å². The van der Waals surface area contributed by atoms with Crippen LogP contribution >= 0.6 is 0 Å². The largest absolute Gasteiger partial charge is 0.508 e. The molecule has 0 spiro atoms. The second kappa shape index (κ2) is 6.37. The number of hydrogen-bond donors (Lipinski definition) is 1. The van der Waals surface area contributed by atoms with E-state index in [2.05, 4.69) is 58.9 Å². The Balaban J connectivity index is 1.98. The number of phenolic OH excluding ortho intramolecular Hbond substituents is 1. The zero-order valence-corrected chi connectivity index (χ0v) is 16.2. The quantitative estimate of drug-likeness (QED) is 0.690. The van der Waals surface area contributed by atoms with Gasteiger partial charge in [-0.3, -0.25) is 0 Å². The van der Waals surface area contributed by atoms with Gasteiger partial charge in [-0.05, 0) is 77.0 Å². The zero-order chi connectivity index (χ0) is 18.2. The standard InChI is InChI=1S/C24H30O/c1-6-18(15-17-7-10-20(25)11-8-17)19-9-12-21-22(16-19)24(4,5)14-13-23(21,2)3/h6-12,16,25H,13-15H2,1-5H3. The molecule has 0 atom stereocenters. The minimum Gasteiger partial charge on any atom is -0.508 e. The molecule has 0 heterocycles. The van der Waals surface area contributed by atoms with E-state index in [1.165, 1.54) is 40.7 Å². The number of rotatable bonds is 3. The fraction of sp³-hybridized carbons (Fsp3) is 0.417. The van der Waals surface area contributed by atoms with Gasteiger partial charge in [-0.2, -0.15) is 0 Å². The molecule has 2 aromatic rings. The fourth-order valence-corrected chi connectivity index (χ4v) is 3.99. The Hall–Kier alpha value is -2.02. The highest BCUT2D eigenvalue weighted by atomic mass is 16.3. The van der Waals surface area contributed by atoms with Crippen molar-refractivity contribution in [2.45, 2.75) is 64.7 Å². The van der Waals surface area contributed by atoms with E-state index < -0.39 is 0 Å². The van der Waals surface area contributed by atoms with Gasteiger partial charge in [0.25, 0.3) is 0 Å². The maximum absolute atomic E-state index is 9.49. The van der Waals surface area contributed by atoms with Gasteiger partial charge in [-0.15, -0.1) is 0 Å². The van der Waals surface area contributed by atoms with Crippen molar-refractivity contribution in [3.8, 4) is 5.75 Å². The summed E-state index contributed by atoms with van der Waals surface area (Å²) in [6.45, 7) is 11.6. The molecular weight excluding hydrogens is 304 g/mol. The number of allylic oxidation sites excluding steroid dienone is 2. The van der Waals surface area contributed by atoms with E-state index in [1.807, 2.05) is 12.1 Å². The van der Waals surface area contributed by atoms with Crippen molar-refractivity contribution in [1.82, 2.24) is 0 Å². The third-order valence-corrected chi connectivity index (χ3v) is 5.90. The van der Waals surface area contributed by atoms with Gasteiger partial charge in [-0.25, -0.2) is 0 Å². The van der Waals surface area contributed by atoms with Gasteiger partial charge in [0.1, 0.15) is 5.75 Å². The molecule has 1 aliphatic carbocycles. The molecule has 0 amide bonds. The van der Waals surface area contributed by atoms with Crippen LogP contribution in [-0.4, -0.2) is 5.11 Å². The van der Waals surface area contributed by atoms with E-state index in [-0.39, 0.29) is 10.8 Å². The van der Waals surface area contributed by atoms with Crippen LogP contribution in [0.3, 0.4) is 0 Å². The molecule has 0 unspecified atom stereocenters. The van der Waals surface area contributed by atoms with Crippen LogP contribution in [-0.2, 0) is 17.3 Å². The van der Waals surface area contributed by atoms with Crippen molar-refractivity contribution in [3.05, 3.63) is 70.8 Å². The molecule has 0 radical (unpaired) electrons.